The molecule has 10 aromatic rings. The molecule has 9 amide bonds. The average molecular weight is 1850 g/mol. The lowest BCUT2D eigenvalue weighted by Crippen LogP contribution is -2.33. The molecule has 0 bridgehead atoms. The number of hydrogen-bond donors (Lipinski definition) is 12. The number of carbonyl (C=O) groups excluding carboxylic acids is 9. The average Bonchev–Trinajstić information content (AvgIpc) is 1.67. The number of aliphatic hydroxyl groups is 1. The Labute approximate surface area is 767 Å². The number of benzene rings is 3. The van der Waals surface area contributed by atoms with E-state index in [1.165, 1.54) is 61.1 Å². The number of pyridine rings is 1. The van der Waals surface area contributed by atoms with Crippen molar-refractivity contribution in [3.63, 3.8) is 0 Å². The second kappa shape index (κ2) is 51.5. The van der Waals surface area contributed by atoms with Gasteiger partial charge in [0, 0.05) is 166 Å². The topological polar surface area (TPSA) is 488 Å². The summed E-state index contributed by atoms with van der Waals surface area (Å²) in [5.41, 5.74) is 3.07. The van der Waals surface area contributed by atoms with E-state index in [0.717, 1.165) is 19.4 Å². The maximum absolute atomic E-state index is 14.3. The molecule has 0 saturated heterocycles. The zero-order chi connectivity index (χ0) is 95.4. The summed E-state index contributed by atoms with van der Waals surface area (Å²) in [6, 6.07) is 19.4. The van der Waals surface area contributed by atoms with Gasteiger partial charge < -0.3 is 138 Å². The number of aryl methyl sites for hydroxylation is 8. The quantitative estimate of drug-likeness (QED) is 0.0175. The monoisotopic (exact) mass is 1850 g/mol. The van der Waals surface area contributed by atoms with Crippen molar-refractivity contribution in [2.75, 3.05) is 179 Å². The van der Waals surface area contributed by atoms with Crippen molar-refractivity contribution in [1.82, 2.24) is 73.9 Å². The Hall–Kier alpha value is -13.3. The number of methoxy groups -OCH3 is 1. The van der Waals surface area contributed by atoms with Crippen LogP contribution in [0.15, 0.2) is 121 Å². The second-order valence-electron chi connectivity index (χ2n) is 31.5. The molecule has 0 spiro atoms. The Bertz CT molecular complexity index is 5620. The number of aromatic amines is 1. The van der Waals surface area contributed by atoms with Gasteiger partial charge in [0.15, 0.2) is 17.5 Å². The van der Waals surface area contributed by atoms with Crippen LogP contribution in [0.1, 0.15) is 132 Å². The van der Waals surface area contributed by atoms with E-state index in [2.05, 4.69) is 73.1 Å². The largest absolute Gasteiger partial charge is 0.491 e. The molecule has 10 rings (SSSR count). The first-order chi connectivity index (χ1) is 64.0. The first kappa shape index (κ1) is 102. The van der Waals surface area contributed by atoms with Crippen LogP contribution in [0.5, 0.6) is 17.2 Å². The summed E-state index contributed by atoms with van der Waals surface area (Å²) < 4.78 is 79.5. The summed E-state index contributed by atoms with van der Waals surface area (Å²) in [5.74, 6) is -3.30. The molecular formula is C91H119FN20O21. The Morgan fingerprint density at radius 1 is 0.466 bits per heavy atom. The number of anilines is 5. The molecule has 0 aliphatic heterocycles. The van der Waals surface area contributed by atoms with Crippen LogP contribution in [0.2, 0.25) is 0 Å². The van der Waals surface area contributed by atoms with E-state index >= 15 is 0 Å². The number of nitrogens with zero attached hydrogens (tertiary/aromatic N) is 9. The number of carbonyl (C=O) groups is 9. The van der Waals surface area contributed by atoms with Crippen LogP contribution < -0.4 is 68.2 Å². The number of amides is 9. The predicted octanol–water partition coefficient (Wildman–Crippen LogP) is 6.76. The maximum atomic E-state index is 14.3. The van der Waals surface area contributed by atoms with Gasteiger partial charge in [-0.2, -0.15) is 0 Å². The number of fused-ring (bicyclic) bond motifs is 1. The molecule has 0 atom stereocenters. The SMILES string of the molecule is COCCOCCOCCOCCNCCCCCn1cc(NC(=O)c2nc(NC(=O)CCNC(=O)c3cc(NC(=O)c4nccn4C)cn3C)cn2C)cc1C(=O)NCCC(=O)Nc1cn(C)c(C(=O)NCCC(=O)NCCOCCOCCOCCOCCOc2ccc(NC(=O)c3cc4c(-c5cc(C(C)(C)O)ccc5Oc5c(C)cc(F)cc5C)cn(C)c(=O)c4[nH]3)cc2)n1. The number of rotatable bonds is 58. The van der Waals surface area contributed by atoms with Crippen molar-refractivity contribution in [2.24, 2.45) is 35.2 Å². The molecular weight excluding hydrogens is 1730 g/mol. The predicted molar refractivity (Wildman–Crippen MR) is 491 cm³/mol. The van der Waals surface area contributed by atoms with Gasteiger partial charge in [0.1, 0.15) is 52.3 Å². The van der Waals surface area contributed by atoms with E-state index in [0.29, 0.717) is 161 Å². The van der Waals surface area contributed by atoms with Gasteiger partial charge >= 0.3 is 0 Å². The number of H-pyrrole nitrogens is 1. The highest BCUT2D eigenvalue weighted by atomic mass is 19.1. The van der Waals surface area contributed by atoms with Crippen molar-refractivity contribution < 1.29 is 100 Å². The van der Waals surface area contributed by atoms with Crippen molar-refractivity contribution in [1.29, 1.82) is 0 Å². The fraction of sp³-hybridized carbons (Fsp3) is 0.440. The summed E-state index contributed by atoms with van der Waals surface area (Å²) in [5, 5.41) is 39.4. The molecule has 12 N–H and O–H groups in total. The van der Waals surface area contributed by atoms with Crippen LogP contribution in [0, 0.1) is 19.7 Å². The van der Waals surface area contributed by atoms with E-state index in [1.807, 2.05) is 0 Å². The second-order valence-corrected chi connectivity index (χ2v) is 31.5. The van der Waals surface area contributed by atoms with Gasteiger partial charge in [0.25, 0.3) is 41.0 Å². The Morgan fingerprint density at radius 3 is 1.58 bits per heavy atom. The summed E-state index contributed by atoms with van der Waals surface area (Å²) in [7, 11) is 9.67. The molecule has 0 aliphatic carbocycles. The normalized spacial score (nSPS) is 11.4. The minimum Gasteiger partial charge on any atom is -0.491 e. The zero-order valence-corrected chi connectivity index (χ0v) is 76.5. The van der Waals surface area contributed by atoms with Gasteiger partial charge in [-0.3, -0.25) is 47.9 Å². The maximum Gasteiger partial charge on any atom is 0.291 e. The number of halogens is 1. The van der Waals surface area contributed by atoms with Gasteiger partial charge in [-0.05, 0) is 131 Å². The molecule has 7 aromatic heterocycles. The van der Waals surface area contributed by atoms with Crippen molar-refractivity contribution in [3.8, 4) is 28.4 Å². The minimum absolute atomic E-state index is 0.00899. The first-order valence-corrected chi connectivity index (χ1v) is 43.6. The van der Waals surface area contributed by atoms with E-state index in [9.17, 15) is 57.4 Å². The molecule has 0 radical (unpaired) electrons. The van der Waals surface area contributed by atoms with Gasteiger partial charge in [-0.25, -0.2) is 19.3 Å². The smallest absolute Gasteiger partial charge is 0.291 e. The van der Waals surface area contributed by atoms with Gasteiger partial charge in [-0.1, -0.05) is 12.5 Å². The lowest BCUT2D eigenvalue weighted by molar-refractivity contribution is -0.121. The van der Waals surface area contributed by atoms with Gasteiger partial charge in [0.05, 0.1) is 116 Å². The molecule has 716 valence electrons. The van der Waals surface area contributed by atoms with Crippen LogP contribution in [0.3, 0.4) is 0 Å². The molecule has 0 unspecified atom stereocenters. The van der Waals surface area contributed by atoms with E-state index in [1.54, 1.807) is 152 Å². The number of unbranched alkanes of at least 4 members (excludes halogenated alkanes) is 2. The molecule has 3 aromatic carbocycles. The van der Waals surface area contributed by atoms with E-state index in [4.69, 9.17) is 47.4 Å². The standard InChI is InChI=1S/C91H119FN20O21/c1-59-48-62(92)49-60(2)80(59)133-73-19-14-61(91(3,4)123)50-67(73)69-56-111(9)90(122)79-68(69)53-70(102-79)84(116)99-63-15-17-66(18-16-63)132-47-46-131-45-44-130-43-42-129-39-37-126-33-29-94-76(113)20-24-98-87(119)82-105-74(57-109(82)7)103-78(115)22-26-97-86(118)72-52-65(55-112(72)30-13-11-12-23-93-28-32-125-36-38-128-41-40-127-35-34-124-10)101-89(121)83-106-75(58-110(83)8)104-77(114)21-25-96-85(117)71-51-64(54-108(71)6)100-88(120)81-95-27-31-107(81)5/h14-19,27,31,48-58,93,102,123H,11-13,20-26,28-30,32-47H2,1-10H3,(H,94,113)(H,96,117)(H,97,118)(H,98,119)(H,99,116)(H,100,120)(H,101,121)(H,103,115)(H,104,114). The molecule has 0 saturated carbocycles. The number of imidazole rings is 3. The molecule has 0 aliphatic rings. The fourth-order valence-electron chi connectivity index (χ4n) is 13.7. The third-order valence-electron chi connectivity index (χ3n) is 20.5. The summed E-state index contributed by atoms with van der Waals surface area (Å²) in [6.45, 7) is 14.7. The summed E-state index contributed by atoms with van der Waals surface area (Å²) in [4.78, 5) is 148. The van der Waals surface area contributed by atoms with Crippen LogP contribution in [-0.2, 0) is 99.7 Å². The van der Waals surface area contributed by atoms with Crippen molar-refractivity contribution in [3.05, 3.63) is 184 Å². The first-order valence-electron chi connectivity index (χ1n) is 43.6. The highest BCUT2D eigenvalue weighted by molar-refractivity contribution is 6.09. The Kier molecular flexibility index (Phi) is 39.4. The van der Waals surface area contributed by atoms with E-state index in [-0.39, 0.29) is 141 Å². The van der Waals surface area contributed by atoms with Crippen LogP contribution >= 0.6 is 0 Å². The third kappa shape index (κ3) is 31.7. The Morgan fingerprint density at radius 2 is 0.992 bits per heavy atom. The molecule has 41 nitrogen and oxygen atoms in total. The number of aromatic nitrogens is 10. The molecule has 7 heterocycles. The lowest BCUT2D eigenvalue weighted by atomic mass is 9.93. The summed E-state index contributed by atoms with van der Waals surface area (Å²) in [6.07, 6.45) is 12.8. The van der Waals surface area contributed by atoms with Crippen molar-refractivity contribution >= 4 is 92.8 Å². The number of hydrogen-bond acceptors (Lipinski definition) is 25. The van der Waals surface area contributed by atoms with Crippen LogP contribution in [0.25, 0.3) is 22.0 Å². The summed E-state index contributed by atoms with van der Waals surface area (Å²) >= 11 is 0. The van der Waals surface area contributed by atoms with Crippen LogP contribution in [0.4, 0.5) is 33.1 Å². The van der Waals surface area contributed by atoms with Crippen molar-refractivity contribution in [2.45, 2.75) is 78.4 Å². The Balaban J connectivity index is 0.567. The fourth-order valence-corrected chi connectivity index (χ4v) is 13.7. The lowest BCUT2D eigenvalue weighted by Gasteiger charge is -2.22. The number of nitrogens with one attached hydrogen (secondary N) is 11. The molecule has 42 heteroatoms. The van der Waals surface area contributed by atoms with Gasteiger partial charge in [0.2, 0.25) is 29.4 Å². The molecule has 0 fully saturated rings. The minimum atomic E-state index is -1.24. The van der Waals surface area contributed by atoms with Crippen LogP contribution in [-0.4, -0.2) is 258 Å². The number of ether oxygens (including phenoxy) is 10. The van der Waals surface area contributed by atoms with Gasteiger partial charge in [-0.15, -0.1) is 0 Å². The molecule has 133 heavy (non-hydrogen) atoms. The van der Waals surface area contributed by atoms with E-state index < -0.39 is 58.7 Å². The highest BCUT2D eigenvalue weighted by Gasteiger charge is 2.27. The highest BCUT2D eigenvalue weighted by Crippen LogP contribution is 2.41. The zero-order valence-electron chi connectivity index (χ0n) is 76.5. The third-order valence-corrected chi connectivity index (χ3v) is 20.5.